The number of fused-ring (bicyclic) bond motifs is 5. The highest BCUT2D eigenvalue weighted by Gasteiger charge is 2.65. The Morgan fingerprint density at radius 1 is 1.11 bits per heavy atom. The second-order valence-corrected chi connectivity index (χ2v) is 10.9. The van der Waals surface area contributed by atoms with Gasteiger partial charge in [-0.1, -0.05) is 18.2 Å². The van der Waals surface area contributed by atoms with Crippen LogP contribution in [0.3, 0.4) is 0 Å². The van der Waals surface area contributed by atoms with E-state index in [0.717, 1.165) is 10.6 Å². The Kier molecular flexibility index (Phi) is 5.03. The van der Waals surface area contributed by atoms with Gasteiger partial charge in [0.1, 0.15) is 5.60 Å². The number of aromatic hydroxyl groups is 2. The summed E-state index contributed by atoms with van der Waals surface area (Å²) < 4.78 is 76.1. The molecule has 3 aromatic rings. The molecule has 0 saturated carbocycles. The van der Waals surface area contributed by atoms with Crippen molar-refractivity contribution < 1.29 is 36.5 Å². The van der Waals surface area contributed by atoms with E-state index >= 15 is 0 Å². The predicted octanol–water partition coefficient (Wildman–Crippen LogP) is 3.99. The van der Waals surface area contributed by atoms with Crippen LogP contribution in [0.2, 0.25) is 0 Å². The molecule has 3 N–H and O–H groups in total. The number of hydrogen-bond acceptors (Lipinski definition) is 6. The number of aromatic nitrogens is 1. The lowest BCUT2D eigenvalue weighted by atomic mass is 9.77. The van der Waals surface area contributed by atoms with E-state index in [0.29, 0.717) is 6.07 Å². The molecule has 0 aliphatic carbocycles. The third-order valence-corrected chi connectivity index (χ3v) is 8.37. The van der Waals surface area contributed by atoms with Crippen molar-refractivity contribution in [3.63, 3.8) is 0 Å². The molecular formula is C24H20F3N3O5S. The molecule has 1 fully saturated rings. The van der Waals surface area contributed by atoms with Crippen LogP contribution in [0.5, 0.6) is 11.8 Å². The molecule has 2 bridgehead atoms. The lowest BCUT2D eigenvalue weighted by Crippen LogP contribution is -2.46. The van der Waals surface area contributed by atoms with Gasteiger partial charge in [0, 0.05) is 6.42 Å². The van der Waals surface area contributed by atoms with Gasteiger partial charge in [-0.15, -0.1) is 0 Å². The number of nitrogens with zero attached hydrogens (tertiary/aromatic N) is 2. The zero-order valence-corrected chi connectivity index (χ0v) is 19.8. The lowest BCUT2D eigenvalue weighted by Gasteiger charge is -2.30. The molecule has 5 rings (SSSR count). The molecule has 0 amide bonds. The highest BCUT2D eigenvalue weighted by molar-refractivity contribution is 7.89. The molecule has 0 spiro atoms. The molecule has 3 heterocycles. The Labute approximate surface area is 204 Å². The van der Waals surface area contributed by atoms with Crippen molar-refractivity contribution in [3.05, 3.63) is 70.8 Å². The third kappa shape index (κ3) is 3.31. The van der Waals surface area contributed by atoms with Gasteiger partial charge in [-0.3, -0.25) is 4.57 Å². The van der Waals surface area contributed by atoms with Crippen molar-refractivity contribution >= 4 is 10.0 Å². The van der Waals surface area contributed by atoms with E-state index < -0.39 is 56.3 Å². The smallest absolute Gasteiger partial charge is 0.417 e. The normalized spacial score (nSPS) is 25.1. The number of nitriles is 1. The fourth-order valence-corrected chi connectivity index (χ4v) is 6.65. The first-order valence-electron chi connectivity index (χ1n) is 10.8. The number of halogens is 3. The fraction of sp³-hybridized carbons (Fsp3) is 0.292. The summed E-state index contributed by atoms with van der Waals surface area (Å²) in [7, 11) is -3.97. The van der Waals surface area contributed by atoms with Gasteiger partial charge >= 0.3 is 6.18 Å². The second kappa shape index (κ2) is 7.49. The van der Waals surface area contributed by atoms with E-state index in [-0.39, 0.29) is 28.1 Å². The molecule has 36 heavy (non-hydrogen) atoms. The summed E-state index contributed by atoms with van der Waals surface area (Å²) in [4.78, 5) is 0.0312. The van der Waals surface area contributed by atoms with Crippen molar-refractivity contribution in [1.82, 2.24) is 9.29 Å². The van der Waals surface area contributed by atoms with Gasteiger partial charge in [-0.05, 0) is 44.2 Å². The van der Waals surface area contributed by atoms with Crippen LogP contribution in [0.25, 0.3) is 5.69 Å². The first-order chi connectivity index (χ1) is 16.7. The maximum Gasteiger partial charge on any atom is 0.417 e. The summed E-state index contributed by atoms with van der Waals surface area (Å²) in [6.07, 6.45) is -4.75. The van der Waals surface area contributed by atoms with E-state index in [2.05, 4.69) is 4.72 Å². The maximum atomic E-state index is 13.5. The molecular weight excluding hydrogens is 499 g/mol. The molecule has 2 aliphatic heterocycles. The third-order valence-electron chi connectivity index (χ3n) is 6.88. The zero-order valence-electron chi connectivity index (χ0n) is 19.0. The SMILES string of the molecule is C[C@]12C[C@@H](NS(=O)(=O)c3ccccc3)[C@](C)(O1)c1c2c(O)n(-c2ccc(C#N)c(C(F)(F)F)c2)c1O. The standard InChI is InChI=1S/C24H20F3N3O5S/c1-22-11-17(29-36(33,34)15-6-4-3-5-7-15)23(2,35-22)19-18(22)20(31)30(21(19)32)14-9-8-13(12-28)16(10-14)24(25,26)27/h3-10,17,29,31-32H,11H2,1-2H3/t17-,22-,23+/m1/s1. The summed E-state index contributed by atoms with van der Waals surface area (Å²) in [5, 5.41) is 31.2. The number of nitrogens with one attached hydrogen (secondary N) is 1. The summed E-state index contributed by atoms with van der Waals surface area (Å²) in [6.45, 7) is 3.16. The monoisotopic (exact) mass is 519 g/mol. The minimum atomic E-state index is -4.84. The zero-order chi connectivity index (χ0) is 26.3. The Hall–Kier alpha value is -3.53. The maximum absolute atomic E-state index is 13.5. The highest BCUT2D eigenvalue weighted by atomic mass is 32.2. The average Bonchev–Trinajstić information content (AvgIpc) is 3.33. The molecule has 3 atom stereocenters. The van der Waals surface area contributed by atoms with Gasteiger partial charge in [-0.25, -0.2) is 13.1 Å². The summed E-state index contributed by atoms with van der Waals surface area (Å²) in [5.74, 6) is -1.12. The number of hydrogen-bond donors (Lipinski definition) is 3. The predicted molar refractivity (Wildman–Crippen MR) is 120 cm³/mol. The summed E-state index contributed by atoms with van der Waals surface area (Å²) in [5.41, 5.74) is -4.48. The Balaban J connectivity index is 1.62. The number of ether oxygens (including phenoxy) is 1. The van der Waals surface area contributed by atoms with Crippen LogP contribution in [0.15, 0.2) is 53.4 Å². The topological polar surface area (TPSA) is 125 Å². The fourth-order valence-electron chi connectivity index (χ4n) is 5.32. The van der Waals surface area contributed by atoms with Crippen molar-refractivity contribution in [2.75, 3.05) is 0 Å². The molecule has 0 unspecified atom stereocenters. The molecule has 188 valence electrons. The van der Waals surface area contributed by atoms with Gasteiger partial charge in [-0.2, -0.15) is 18.4 Å². The van der Waals surface area contributed by atoms with Gasteiger partial charge in [0.25, 0.3) is 0 Å². The molecule has 8 nitrogen and oxygen atoms in total. The van der Waals surface area contributed by atoms with Crippen LogP contribution >= 0.6 is 0 Å². The van der Waals surface area contributed by atoms with Crippen LogP contribution < -0.4 is 4.72 Å². The Bertz CT molecular complexity index is 1550. The van der Waals surface area contributed by atoms with Crippen molar-refractivity contribution in [1.29, 1.82) is 5.26 Å². The summed E-state index contributed by atoms with van der Waals surface area (Å²) >= 11 is 0. The van der Waals surface area contributed by atoms with E-state index in [4.69, 9.17) is 10.00 Å². The Morgan fingerprint density at radius 2 is 1.75 bits per heavy atom. The minimum absolute atomic E-state index is 0.0312. The van der Waals surface area contributed by atoms with E-state index in [1.165, 1.54) is 24.3 Å². The number of benzene rings is 2. The van der Waals surface area contributed by atoms with Crippen molar-refractivity contribution in [2.45, 2.75) is 48.6 Å². The lowest BCUT2D eigenvalue weighted by molar-refractivity contribution is -0.137. The molecule has 1 aromatic heterocycles. The molecule has 1 saturated heterocycles. The van der Waals surface area contributed by atoms with E-state index in [1.54, 1.807) is 32.0 Å². The summed E-state index contributed by atoms with van der Waals surface area (Å²) in [6, 6.07) is 11.1. The van der Waals surface area contributed by atoms with Crippen molar-refractivity contribution in [3.8, 4) is 23.5 Å². The first-order valence-corrected chi connectivity index (χ1v) is 12.3. The quantitative estimate of drug-likeness (QED) is 0.479. The molecule has 12 heteroatoms. The van der Waals surface area contributed by atoms with Gasteiger partial charge in [0.05, 0.1) is 50.5 Å². The first kappa shape index (κ1) is 24.2. The van der Waals surface area contributed by atoms with Crippen LogP contribution in [-0.4, -0.2) is 29.2 Å². The molecule has 2 aromatic carbocycles. The van der Waals surface area contributed by atoms with Crippen LogP contribution in [0.1, 0.15) is 42.5 Å². The van der Waals surface area contributed by atoms with Gasteiger partial charge in [0.2, 0.25) is 21.8 Å². The van der Waals surface area contributed by atoms with Gasteiger partial charge < -0.3 is 14.9 Å². The van der Waals surface area contributed by atoms with Crippen LogP contribution in [0.4, 0.5) is 13.2 Å². The second-order valence-electron chi connectivity index (χ2n) is 9.20. The van der Waals surface area contributed by atoms with Crippen molar-refractivity contribution in [2.24, 2.45) is 0 Å². The van der Waals surface area contributed by atoms with Gasteiger partial charge in [0.15, 0.2) is 0 Å². The number of sulfonamides is 1. The van der Waals surface area contributed by atoms with E-state index in [9.17, 15) is 31.8 Å². The number of rotatable bonds is 4. The van der Waals surface area contributed by atoms with Crippen LogP contribution in [0, 0.1) is 11.3 Å². The average molecular weight is 520 g/mol. The minimum Gasteiger partial charge on any atom is -0.494 e. The number of alkyl halides is 3. The Morgan fingerprint density at radius 3 is 2.36 bits per heavy atom. The highest BCUT2D eigenvalue weighted by Crippen LogP contribution is 2.64. The van der Waals surface area contributed by atoms with E-state index in [1.807, 2.05) is 0 Å². The van der Waals surface area contributed by atoms with Crippen LogP contribution in [-0.2, 0) is 32.1 Å². The molecule has 0 radical (unpaired) electrons. The molecule has 2 aliphatic rings. The largest absolute Gasteiger partial charge is 0.494 e.